The van der Waals surface area contributed by atoms with Gasteiger partial charge in [-0.1, -0.05) is 147 Å². The van der Waals surface area contributed by atoms with E-state index >= 15 is 0 Å². The van der Waals surface area contributed by atoms with Gasteiger partial charge >= 0.3 is 11.9 Å². The van der Waals surface area contributed by atoms with Gasteiger partial charge in [-0.2, -0.15) is 11.8 Å². The van der Waals surface area contributed by atoms with Crippen molar-refractivity contribution in [3.63, 3.8) is 0 Å². The van der Waals surface area contributed by atoms with Crippen LogP contribution < -0.4 is 11.1 Å². The van der Waals surface area contributed by atoms with E-state index in [2.05, 4.69) is 29.5 Å². The van der Waals surface area contributed by atoms with Crippen molar-refractivity contribution >= 4 is 35.4 Å². The minimum absolute atomic E-state index is 0.0566. The molecule has 0 radical (unpaired) electrons. The number of esters is 2. The maximum Gasteiger partial charge on any atom is 0.306 e. The molecule has 8 atom stereocenters. The third kappa shape index (κ3) is 21.3. The number of aliphatic hydroxyl groups excluding tert-OH is 5. The standard InChI is InChI=1S/C42H77N5O10S/c1-3-5-7-9-11-13-15-17-19-21-23-25-34(48)56-28-31(57-35(49)26-24-22-20-18-16-14-12-10-8-6-4-2)29-58-30-32(43)42(55)44-33-27-47(46-45-33)36-37(50)39(52)41(54)40(53)38(36)51/h27,31-32,36-41,50-54H,3-26,28-30,43H2,1-2H3,(H,44,55)/t31-,32-,36?,37+,38+,39-,40+,41+/m1/s1. The Bertz CT molecular complexity index is 1230. The number of aromatic nitrogens is 3. The van der Waals surface area contributed by atoms with Gasteiger partial charge in [0, 0.05) is 24.3 Å². The van der Waals surface area contributed by atoms with Crippen molar-refractivity contribution < 1.29 is 49.4 Å². The molecule has 1 aromatic heterocycles. The number of aliphatic hydroxyl groups is 5. The normalized spacial score (nSPS) is 21.7. The van der Waals surface area contributed by atoms with E-state index in [1.165, 1.54) is 114 Å². The summed E-state index contributed by atoms with van der Waals surface area (Å²) in [6, 6.07) is -2.37. The average Bonchev–Trinajstić information content (AvgIpc) is 3.66. The van der Waals surface area contributed by atoms with E-state index in [0.29, 0.717) is 6.42 Å². The molecule has 0 aliphatic heterocycles. The summed E-state index contributed by atoms with van der Waals surface area (Å²) in [4.78, 5) is 38.3. The number of rotatable bonds is 34. The Morgan fingerprint density at radius 2 is 1.10 bits per heavy atom. The van der Waals surface area contributed by atoms with E-state index in [0.717, 1.165) is 49.6 Å². The maximum atomic E-state index is 12.9. The number of ether oxygens (including phenoxy) is 2. The van der Waals surface area contributed by atoms with Gasteiger partial charge in [0.05, 0.1) is 12.2 Å². The van der Waals surface area contributed by atoms with Crippen LogP contribution in [0.1, 0.15) is 174 Å². The fourth-order valence-corrected chi connectivity index (χ4v) is 8.08. The molecule has 2 rings (SSSR count). The van der Waals surface area contributed by atoms with Crippen molar-refractivity contribution in [1.82, 2.24) is 15.0 Å². The first-order valence-electron chi connectivity index (χ1n) is 22.3. The highest BCUT2D eigenvalue weighted by molar-refractivity contribution is 7.99. The van der Waals surface area contributed by atoms with Gasteiger partial charge in [-0.3, -0.25) is 14.4 Å². The predicted octanol–water partition coefficient (Wildman–Crippen LogP) is 5.49. The minimum Gasteiger partial charge on any atom is -0.462 e. The number of nitrogens with one attached hydrogen (secondary N) is 1. The van der Waals surface area contributed by atoms with Crippen molar-refractivity contribution in [2.24, 2.45) is 5.73 Å². The number of carbonyl (C=O) groups excluding carboxylic acids is 3. The molecule has 336 valence electrons. The van der Waals surface area contributed by atoms with Crippen LogP contribution >= 0.6 is 11.8 Å². The molecular formula is C42H77N5O10S. The molecule has 0 saturated heterocycles. The van der Waals surface area contributed by atoms with Crippen LogP contribution in [0, 0.1) is 0 Å². The SMILES string of the molecule is CCCCCCCCCCCCCC(=O)OC[C@H](CSC[C@@H](N)C(=O)Nc1cn(C2[C@H](O)[C@H](O)[C@@H](O)[C@H](O)[C@H]2O)nn1)OC(=O)CCCCCCCCCCCCC. The number of thioether (sulfide) groups is 1. The van der Waals surface area contributed by atoms with Crippen molar-refractivity contribution in [2.75, 3.05) is 23.4 Å². The number of hydrogen-bond donors (Lipinski definition) is 7. The highest BCUT2D eigenvalue weighted by Gasteiger charge is 2.49. The summed E-state index contributed by atoms with van der Waals surface area (Å²) < 4.78 is 12.3. The number of hydrogen-bond acceptors (Lipinski definition) is 14. The van der Waals surface area contributed by atoms with Gasteiger partial charge in [0.25, 0.3) is 0 Å². The molecule has 0 aromatic carbocycles. The van der Waals surface area contributed by atoms with Gasteiger partial charge in [0.15, 0.2) is 5.82 Å². The Balaban J connectivity index is 1.79. The molecule has 58 heavy (non-hydrogen) atoms. The minimum atomic E-state index is -1.76. The van der Waals surface area contributed by atoms with Gasteiger partial charge in [-0.05, 0) is 12.8 Å². The lowest BCUT2D eigenvalue weighted by molar-refractivity contribution is -0.200. The molecule has 1 amide bonds. The van der Waals surface area contributed by atoms with E-state index in [1.54, 1.807) is 0 Å². The average molecular weight is 844 g/mol. The lowest BCUT2D eigenvalue weighted by Crippen LogP contribution is -2.61. The molecular weight excluding hydrogens is 767 g/mol. The molecule has 1 heterocycles. The van der Waals surface area contributed by atoms with Gasteiger partial charge in [-0.15, -0.1) is 5.10 Å². The van der Waals surface area contributed by atoms with Crippen LogP contribution in [0.4, 0.5) is 5.82 Å². The number of unbranched alkanes of at least 4 members (excludes halogenated alkanes) is 20. The van der Waals surface area contributed by atoms with Crippen LogP contribution in [0.2, 0.25) is 0 Å². The van der Waals surface area contributed by atoms with Gasteiger partial charge in [-0.25, -0.2) is 4.68 Å². The molecule has 0 bridgehead atoms. The second-order valence-electron chi connectivity index (χ2n) is 16.0. The molecule has 1 saturated carbocycles. The highest BCUT2D eigenvalue weighted by atomic mass is 32.2. The summed E-state index contributed by atoms with van der Waals surface area (Å²) in [5.41, 5.74) is 6.15. The summed E-state index contributed by atoms with van der Waals surface area (Å²) in [5, 5.41) is 60.8. The molecule has 0 spiro atoms. The molecule has 1 fully saturated rings. The van der Waals surface area contributed by atoms with Crippen molar-refractivity contribution in [1.29, 1.82) is 0 Å². The number of nitrogens with zero attached hydrogens (tertiary/aromatic N) is 3. The molecule has 1 aliphatic rings. The Morgan fingerprint density at radius 1 is 0.672 bits per heavy atom. The molecule has 1 aromatic rings. The second-order valence-corrected chi connectivity index (χ2v) is 17.1. The lowest BCUT2D eigenvalue weighted by Gasteiger charge is -2.41. The predicted molar refractivity (Wildman–Crippen MR) is 226 cm³/mol. The molecule has 1 unspecified atom stereocenters. The monoisotopic (exact) mass is 844 g/mol. The fourth-order valence-electron chi connectivity index (χ4n) is 7.11. The molecule has 15 nitrogen and oxygen atoms in total. The first-order valence-corrected chi connectivity index (χ1v) is 23.5. The summed E-state index contributed by atoms with van der Waals surface area (Å²) in [7, 11) is 0. The first-order chi connectivity index (χ1) is 28.0. The topological polar surface area (TPSA) is 240 Å². The van der Waals surface area contributed by atoms with Crippen molar-refractivity contribution in [2.45, 2.75) is 217 Å². The van der Waals surface area contributed by atoms with Crippen LogP contribution in [0.5, 0.6) is 0 Å². The smallest absolute Gasteiger partial charge is 0.306 e. The summed E-state index contributed by atoms with van der Waals surface area (Å²) in [5.74, 6) is -0.959. The van der Waals surface area contributed by atoms with E-state index in [1.807, 2.05) is 0 Å². The summed E-state index contributed by atoms with van der Waals surface area (Å²) in [6.07, 6.45) is 18.3. The van der Waals surface area contributed by atoms with E-state index < -0.39 is 54.6 Å². The largest absolute Gasteiger partial charge is 0.462 e. The van der Waals surface area contributed by atoms with Gasteiger partial charge in [0.1, 0.15) is 49.3 Å². The lowest BCUT2D eigenvalue weighted by atomic mass is 9.83. The fraction of sp³-hybridized carbons (Fsp3) is 0.881. The molecule has 8 N–H and O–H groups in total. The number of carbonyl (C=O) groups is 3. The van der Waals surface area contributed by atoms with E-state index in [-0.39, 0.29) is 42.3 Å². The van der Waals surface area contributed by atoms with E-state index in [9.17, 15) is 39.9 Å². The zero-order valence-electron chi connectivity index (χ0n) is 35.4. The Labute approximate surface area is 351 Å². The zero-order chi connectivity index (χ0) is 42.5. The van der Waals surface area contributed by atoms with Crippen LogP contribution in [0.25, 0.3) is 0 Å². The molecule has 1 aliphatic carbocycles. The zero-order valence-corrected chi connectivity index (χ0v) is 36.2. The second kappa shape index (κ2) is 31.5. The molecule has 16 heteroatoms. The Hall–Kier alpha value is -2.34. The quantitative estimate of drug-likeness (QED) is 0.0335. The van der Waals surface area contributed by atoms with Gasteiger partial charge < -0.3 is 46.1 Å². The number of amides is 1. The summed E-state index contributed by atoms with van der Waals surface area (Å²) in [6.45, 7) is 4.37. The highest BCUT2D eigenvalue weighted by Crippen LogP contribution is 2.30. The maximum absolute atomic E-state index is 12.9. The number of nitrogens with two attached hydrogens (primary N) is 1. The van der Waals surface area contributed by atoms with Crippen LogP contribution in [0.15, 0.2) is 6.20 Å². The first kappa shape index (κ1) is 51.8. The van der Waals surface area contributed by atoms with Crippen molar-refractivity contribution in [3.8, 4) is 0 Å². The van der Waals surface area contributed by atoms with Gasteiger partial charge in [0.2, 0.25) is 5.91 Å². The number of anilines is 1. The third-order valence-electron chi connectivity index (χ3n) is 10.8. The van der Waals surface area contributed by atoms with Crippen molar-refractivity contribution in [3.05, 3.63) is 6.20 Å². The Kier molecular flexibility index (Phi) is 28.2. The van der Waals surface area contributed by atoms with E-state index in [4.69, 9.17) is 15.2 Å². The summed E-state index contributed by atoms with van der Waals surface area (Å²) >= 11 is 1.27. The third-order valence-corrected chi connectivity index (χ3v) is 12.0. The van der Waals surface area contributed by atoms with Crippen LogP contribution in [0.3, 0.4) is 0 Å². The van der Waals surface area contributed by atoms with Crippen LogP contribution in [-0.4, -0.2) is 119 Å². The van der Waals surface area contributed by atoms with Crippen LogP contribution in [-0.2, 0) is 23.9 Å². The Morgan fingerprint density at radius 3 is 1.59 bits per heavy atom.